The molecule has 0 saturated heterocycles. The van der Waals surface area contributed by atoms with Crippen molar-refractivity contribution in [1.29, 1.82) is 0 Å². The Morgan fingerprint density at radius 1 is 1.20 bits per heavy atom. The van der Waals surface area contributed by atoms with Gasteiger partial charge in [-0.2, -0.15) is 0 Å². The molecule has 1 aromatic heterocycles. The van der Waals surface area contributed by atoms with E-state index in [2.05, 4.69) is 5.16 Å². The molecule has 0 unspecified atom stereocenters. The van der Waals surface area contributed by atoms with Crippen LogP contribution < -0.4 is 4.74 Å². The molecule has 0 aliphatic heterocycles. The average molecular weight is 203 g/mol. The van der Waals surface area contributed by atoms with Crippen molar-refractivity contribution in [3.05, 3.63) is 36.4 Å². The monoisotopic (exact) mass is 203 g/mol. The van der Waals surface area contributed by atoms with Crippen molar-refractivity contribution in [2.24, 2.45) is 0 Å². The van der Waals surface area contributed by atoms with Crippen LogP contribution in [-0.4, -0.2) is 11.3 Å². The van der Waals surface area contributed by atoms with Crippen LogP contribution in [0, 0.1) is 0 Å². The smallest absolute Gasteiger partial charge is 0.312 e. The molecule has 0 radical (unpaired) electrons. The van der Waals surface area contributed by atoms with E-state index < -0.39 is 0 Å². The van der Waals surface area contributed by atoms with Gasteiger partial charge in [0.25, 0.3) is 0 Å². The maximum Gasteiger partial charge on any atom is 0.312 e. The lowest BCUT2D eigenvalue weighted by atomic mass is 10.2. The van der Waals surface area contributed by atoms with Gasteiger partial charge in [-0.3, -0.25) is 0 Å². The molecule has 1 heterocycles. The predicted octanol–water partition coefficient (Wildman–Crippen LogP) is 3.13. The Morgan fingerprint density at radius 3 is 2.60 bits per heavy atom. The summed E-state index contributed by atoms with van der Waals surface area (Å²) >= 11 is 0. The minimum absolute atomic E-state index is 0.0987. The van der Waals surface area contributed by atoms with Gasteiger partial charge in [0.1, 0.15) is 5.69 Å². The average Bonchev–Trinajstić information content (AvgIpc) is 2.67. The first kappa shape index (κ1) is 9.77. The fourth-order valence-corrected chi connectivity index (χ4v) is 1.29. The molecule has 2 rings (SSSR count). The minimum Gasteiger partial charge on any atom is -0.461 e. The number of benzene rings is 1. The third kappa shape index (κ3) is 2.37. The standard InChI is InChI=1S/C12H13NO2/c1-9(2)14-12-8-11(13-15-12)10-6-4-3-5-7-10/h3-9H,1-2H3. The number of ether oxygens (including phenoxy) is 1. The van der Waals surface area contributed by atoms with Crippen LogP contribution in [0.4, 0.5) is 0 Å². The molecule has 0 spiro atoms. The molecule has 0 fully saturated rings. The number of hydrogen-bond acceptors (Lipinski definition) is 3. The van der Waals surface area contributed by atoms with E-state index in [9.17, 15) is 0 Å². The van der Waals surface area contributed by atoms with E-state index >= 15 is 0 Å². The van der Waals surface area contributed by atoms with Gasteiger partial charge < -0.3 is 9.26 Å². The summed E-state index contributed by atoms with van der Waals surface area (Å²) in [7, 11) is 0. The summed E-state index contributed by atoms with van der Waals surface area (Å²) in [4.78, 5) is 0. The fourth-order valence-electron chi connectivity index (χ4n) is 1.29. The quantitative estimate of drug-likeness (QED) is 0.768. The zero-order valence-electron chi connectivity index (χ0n) is 8.81. The molecular formula is C12H13NO2. The maximum atomic E-state index is 5.39. The molecule has 2 aromatic rings. The van der Waals surface area contributed by atoms with E-state index in [0.717, 1.165) is 11.3 Å². The van der Waals surface area contributed by atoms with Gasteiger partial charge in [-0.05, 0) is 13.8 Å². The van der Waals surface area contributed by atoms with Crippen LogP contribution in [0.2, 0.25) is 0 Å². The van der Waals surface area contributed by atoms with E-state index in [-0.39, 0.29) is 6.10 Å². The first-order valence-corrected chi connectivity index (χ1v) is 4.94. The Labute approximate surface area is 88.7 Å². The van der Waals surface area contributed by atoms with Crippen LogP contribution in [-0.2, 0) is 0 Å². The first-order valence-electron chi connectivity index (χ1n) is 4.94. The van der Waals surface area contributed by atoms with Gasteiger partial charge in [0.05, 0.1) is 12.2 Å². The van der Waals surface area contributed by atoms with Crippen LogP contribution in [0.3, 0.4) is 0 Å². The van der Waals surface area contributed by atoms with Gasteiger partial charge in [-0.1, -0.05) is 35.5 Å². The van der Waals surface area contributed by atoms with Gasteiger partial charge in [0, 0.05) is 5.56 Å². The molecule has 0 atom stereocenters. The number of rotatable bonds is 3. The largest absolute Gasteiger partial charge is 0.461 e. The fraction of sp³-hybridized carbons (Fsp3) is 0.250. The second kappa shape index (κ2) is 4.17. The molecule has 0 bridgehead atoms. The predicted molar refractivity (Wildman–Crippen MR) is 57.7 cm³/mol. The molecule has 0 aliphatic carbocycles. The Kier molecular flexibility index (Phi) is 2.72. The normalized spacial score (nSPS) is 10.6. The number of nitrogens with zero attached hydrogens (tertiary/aromatic N) is 1. The summed E-state index contributed by atoms with van der Waals surface area (Å²) in [5.41, 5.74) is 1.83. The lowest BCUT2D eigenvalue weighted by molar-refractivity contribution is 0.167. The van der Waals surface area contributed by atoms with Crippen molar-refractivity contribution < 1.29 is 9.26 Å². The third-order valence-corrected chi connectivity index (χ3v) is 1.91. The van der Waals surface area contributed by atoms with Gasteiger partial charge >= 0.3 is 5.95 Å². The van der Waals surface area contributed by atoms with E-state index in [4.69, 9.17) is 9.26 Å². The van der Waals surface area contributed by atoms with Crippen LogP contribution in [0.5, 0.6) is 5.95 Å². The Morgan fingerprint density at radius 2 is 1.93 bits per heavy atom. The van der Waals surface area contributed by atoms with E-state index in [1.165, 1.54) is 0 Å². The molecular weight excluding hydrogens is 190 g/mol. The summed E-state index contributed by atoms with van der Waals surface area (Å²) in [5.74, 6) is 0.462. The molecule has 0 aliphatic rings. The third-order valence-electron chi connectivity index (χ3n) is 1.91. The second-order valence-electron chi connectivity index (χ2n) is 3.56. The first-order chi connectivity index (χ1) is 7.25. The van der Waals surface area contributed by atoms with Crippen LogP contribution in [0.25, 0.3) is 11.3 Å². The molecule has 0 N–H and O–H groups in total. The molecule has 1 aromatic carbocycles. The molecule has 3 nitrogen and oxygen atoms in total. The zero-order valence-corrected chi connectivity index (χ0v) is 8.81. The summed E-state index contributed by atoms with van der Waals surface area (Å²) < 4.78 is 10.4. The van der Waals surface area contributed by atoms with Gasteiger partial charge in [0.2, 0.25) is 0 Å². The molecule has 3 heteroatoms. The zero-order chi connectivity index (χ0) is 10.7. The van der Waals surface area contributed by atoms with Crippen molar-refractivity contribution in [1.82, 2.24) is 5.16 Å². The van der Waals surface area contributed by atoms with Crippen LogP contribution in [0.15, 0.2) is 40.9 Å². The maximum absolute atomic E-state index is 5.39. The van der Waals surface area contributed by atoms with Gasteiger partial charge in [0.15, 0.2) is 0 Å². The van der Waals surface area contributed by atoms with Gasteiger partial charge in [-0.25, -0.2) is 0 Å². The molecule has 0 saturated carbocycles. The highest BCUT2D eigenvalue weighted by atomic mass is 16.6. The summed E-state index contributed by atoms with van der Waals surface area (Å²) in [5, 5.41) is 3.94. The lowest BCUT2D eigenvalue weighted by Gasteiger charge is -2.02. The summed E-state index contributed by atoms with van der Waals surface area (Å²) in [6.07, 6.45) is 0.0987. The Balaban J connectivity index is 2.21. The number of aromatic nitrogens is 1. The van der Waals surface area contributed by atoms with E-state index in [1.54, 1.807) is 6.07 Å². The second-order valence-corrected chi connectivity index (χ2v) is 3.56. The minimum atomic E-state index is 0.0987. The molecule has 15 heavy (non-hydrogen) atoms. The van der Waals surface area contributed by atoms with Crippen LogP contribution >= 0.6 is 0 Å². The summed E-state index contributed by atoms with van der Waals surface area (Å²) in [6.45, 7) is 3.90. The molecule has 78 valence electrons. The van der Waals surface area contributed by atoms with E-state index in [0.29, 0.717) is 5.95 Å². The number of hydrogen-bond donors (Lipinski definition) is 0. The van der Waals surface area contributed by atoms with Crippen molar-refractivity contribution >= 4 is 0 Å². The van der Waals surface area contributed by atoms with E-state index in [1.807, 2.05) is 44.2 Å². The van der Waals surface area contributed by atoms with Crippen molar-refractivity contribution in [3.63, 3.8) is 0 Å². The van der Waals surface area contributed by atoms with Crippen molar-refractivity contribution in [2.45, 2.75) is 20.0 Å². The van der Waals surface area contributed by atoms with Gasteiger partial charge in [-0.15, -0.1) is 0 Å². The van der Waals surface area contributed by atoms with Crippen LogP contribution in [0.1, 0.15) is 13.8 Å². The lowest BCUT2D eigenvalue weighted by Crippen LogP contribution is -2.04. The highest BCUT2D eigenvalue weighted by molar-refractivity contribution is 5.58. The highest BCUT2D eigenvalue weighted by Gasteiger charge is 2.07. The highest BCUT2D eigenvalue weighted by Crippen LogP contribution is 2.23. The SMILES string of the molecule is CC(C)Oc1cc(-c2ccccc2)no1. The topological polar surface area (TPSA) is 35.3 Å². The Hall–Kier alpha value is -1.77. The molecule has 0 amide bonds. The van der Waals surface area contributed by atoms with Crippen molar-refractivity contribution in [2.75, 3.05) is 0 Å². The summed E-state index contributed by atoms with van der Waals surface area (Å²) in [6, 6.07) is 11.7. The van der Waals surface area contributed by atoms with Crippen molar-refractivity contribution in [3.8, 4) is 17.2 Å². The Bertz CT molecular complexity index is 420.